The Hall–Kier alpha value is -1.46. The lowest BCUT2D eigenvalue weighted by Crippen LogP contribution is -2.61. The van der Waals surface area contributed by atoms with Crippen molar-refractivity contribution < 1.29 is 68.6 Å². The molecule has 0 aromatic carbocycles. The zero-order chi connectivity index (χ0) is 46.3. The minimum atomic E-state index is -1.69. The fraction of sp³-hybridized carbons (Fsp3) is 0.959. The highest BCUT2D eigenvalue weighted by molar-refractivity contribution is 5.73. The van der Waals surface area contributed by atoms with Gasteiger partial charge in [-0.05, 0) is 38.5 Å². The maximum atomic E-state index is 13.6. The van der Waals surface area contributed by atoms with Crippen LogP contribution in [0.3, 0.4) is 0 Å². The number of esters is 2. The van der Waals surface area contributed by atoms with Crippen LogP contribution in [-0.2, 0) is 38.0 Å². The third kappa shape index (κ3) is 20.1. The fourth-order valence-corrected chi connectivity index (χ4v) is 8.89. The highest BCUT2D eigenvalue weighted by Crippen LogP contribution is 2.31. The van der Waals surface area contributed by atoms with Crippen LogP contribution >= 0.6 is 0 Å². The summed E-state index contributed by atoms with van der Waals surface area (Å²) in [4.78, 5) is 27.3. The second-order valence-corrected chi connectivity index (χ2v) is 19.9. The van der Waals surface area contributed by atoms with Gasteiger partial charge in [-0.3, -0.25) is 9.59 Å². The van der Waals surface area contributed by atoms with Crippen molar-refractivity contribution in [2.45, 2.75) is 263 Å². The third-order valence-electron chi connectivity index (χ3n) is 13.4. The number of unbranched alkanes of at least 4 members (excludes halogenated alkanes) is 17. The van der Waals surface area contributed by atoms with Gasteiger partial charge in [-0.1, -0.05) is 163 Å². The molecule has 3 aliphatic heterocycles. The zero-order valence-electron chi connectivity index (χ0n) is 39.9. The summed E-state index contributed by atoms with van der Waals surface area (Å²) in [5, 5.41) is 65.5. The summed E-state index contributed by atoms with van der Waals surface area (Å²) in [5.74, 6) is -1.73. The Morgan fingerprint density at radius 3 is 1.00 bits per heavy atom. The van der Waals surface area contributed by atoms with E-state index in [1.54, 1.807) is 13.8 Å². The molecule has 0 radical (unpaired) electrons. The monoisotopic (exact) mass is 903 g/mol. The molecule has 3 saturated heterocycles. The first kappa shape index (κ1) is 55.9. The largest absolute Gasteiger partial charge is 0.463 e. The number of carbonyl (C=O) groups excluding carboxylic acids is 2. The van der Waals surface area contributed by atoms with Crippen LogP contribution in [0.15, 0.2) is 0 Å². The number of hydrogen-bond donors (Lipinski definition) is 6. The summed E-state index contributed by atoms with van der Waals surface area (Å²) in [6.07, 6.45) is 7.13. The number of cyclic esters (lactones) is 2. The molecular weight excluding hydrogens is 813 g/mol. The Morgan fingerprint density at radius 1 is 0.413 bits per heavy atom. The number of rotatable bonds is 25. The summed E-state index contributed by atoms with van der Waals surface area (Å²) in [6.45, 7) is 11.3. The van der Waals surface area contributed by atoms with E-state index in [-0.39, 0.29) is 0 Å². The van der Waals surface area contributed by atoms with Crippen molar-refractivity contribution in [3.05, 3.63) is 0 Å². The smallest absolute Gasteiger partial charge is 0.311 e. The molecular formula is C49H90O14. The van der Waals surface area contributed by atoms with Crippen molar-refractivity contribution in [3.8, 4) is 0 Å². The summed E-state index contributed by atoms with van der Waals surface area (Å²) in [6, 6.07) is 0. The summed E-state index contributed by atoms with van der Waals surface area (Å²) in [7, 11) is 0. The van der Waals surface area contributed by atoms with Gasteiger partial charge in [-0.2, -0.15) is 0 Å². The van der Waals surface area contributed by atoms with E-state index in [4.69, 9.17) is 28.4 Å². The number of aliphatic hydroxyl groups is 6. The van der Waals surface area contributed by atoms with Gasteiger partial charge < -0.3 is 59.1 Å². The lowest BCUT2D eigenvalue weighted by Gasteiger charge is -2.43. The standard InChI is InChI=1S/C49H90O14/c1-32(2)26-22-18-14-10-7-8-12-16-20-24-28-36-34(5)46(56)58-30-39-41(51)43(53)45(55)49(63-39)61-37(29-25-21-17-13-9-11-15-19-23-27-33(3)4)35(6)47(57)59-31-38-40(50)42(52)44(54)48(60-36)62-38/h32-45,48-55H,7-31H2,1-6H3/t34-,35+,36-,37+,38-,39+,40-,41+,42+,43-,44-,45+,48-,49+/m0/s1. The maximum Gasteiger partial charge on any atom is 0.311 e. The van der Waals surface area contributed by atoms with Gasteiger partial charge in [0.15, 0.2) is 12.6 Å². The van der Waals surface area contributed by atoms with Crippen LogP contribution < -0.4 is 0 Å². The molecule has 0 aromatic heterocycles. The predicted molar refractivity (Wildman–Crippen MR) is 239 cm³/mol. The van der Waals surface area contributed by atoms with E-state index in [2.05, 4.69) is 27.7 Å². The van der Waals surface area contributed by atoms with Gasteiger partial charge in [0, 0.05) is 0 Å². The Kier molecular flexibility index (Phi) is 27.3. The lowest BCUT2D eigenvalue weighted by atomic mass is 9.95. The molecule has 14 atom stereocenters. The van der Waals surface area contributed by atoms with Crippen LogP contribution in [0.25, 0.3) is 0 Å². The maximum absolute atomic E-state index is 13.6. The Bertz CT molecular complexity index is 1220. The first-order chi connectivity index (χ1) is 30.1. The molecule has 6 N–H and O–H groups in total. The van der Waals surface area contributed by atoms with Crippen LogP contribution in [0.5, 0.6) is 0 Å². The second kappa shape index (κ2) is 30.8. The van der Waals surface area contributed by atoms with Gasteiger partial charge in [0.05, 0.1) is 24.0 Å². The molecule has 3 fully saturated rings. The molecule has 3 rings (SSSR count). The Labute approximate surface area is 379 Å². The highest BCUT2D eigenvalue weighted by Gasteiger charge is 2.49. The van der Waals surface area contributed by atoms with Crippen LogP contribution in [-0.4, -0.2) is 129 Å². The van der Waals surface area contributed by atoms with Gasteiger partial charge in [-0.25, -0.2) is 0 Å². The predicted octanol–water partition coefficient (Wildman–Crippen LogP) is 7.03. The summed E-state index contributed by atoms with van der Waals surface area (Å²) in [5.41, 5.74) is 0. The minimum Gasteiger partial charge on any atom is -0.463 e. The van der Waals surface area contributed by atoms with E-state index in [0.29, 0.717) is 25.7 Å². The molecule has 14 nitrogen and oxygen atoms in total. The van der Waals surface area contributed by atoms with Crippen LogP contribution in [0.1, 0.15) is 189 Å². The molecule has 0 aliphatic carbocycles. The van der Waals surface area contributed by atoms with Crippen molar-refractivity contribution in [1.82, 2.24) is 0 Å². The Balaban J connectivity index is 1.66. The number of fused-ring (bicyclic) bond motifs is 4. The molecule has 0 aromatic rings. The van der Waals surface area contributed by atoms with E-state index < -0.39 is 111 Å². The van der Waals surface area contributed by atoms with Crippen LogP contribution in [0.4, 0.5) is 0 Å². The summed E-state index contributed by atoms with van der Waals surface area (Å²) < 4.78 is 35.7. The molecule has 3 aliphatic rings. The van der Waals surface area contributed by atoms with E-state index in [9.17, 15) is 40.2 Å². The first-order valence-corrected chi connectivity index (χ1v) is 25.2. The van der Waals surface area contributed by atoms with Crippen molar-refractivity contribution in [2.75, 3.05) is 13.2 Å². The average Bonchev–Trinajstić information content (AvgIpc) is 3.25. The molecule has 63 heavy (non-hydrogen) atoms. The molecule has 0 spiro atoms. The van der Waals surface area contributed by atoms with Crippen LogP contribution in [0.2, 0.25) is 0 Å². The van der Waals surface area contributed by atoms with E-state index in [1.807, 2.05) is 0 Å². The van der Waals surface area contributed by atoms with Gasteiger partial charge in [-0.15, -0.1) is 0 Å². The SMILES string of the molecule is CC(C)CCCCCCCCCCCC[C@@H]1O[C@H]2O[C@@H](COC(=O)[C@H](C)[C@@H](CCCCCCCCCCCC(C)C)O[C@@H]3O[C@H](COC(=O)[C@H]1C)[C@@H](O)[C@H](O)[C@H]3O)[C@H](O)[C@@H](O)[C@@H]2O. The van der Waals surface area contributed by atoms with Crippen molar-refractivity contribution in [2.24, 2.45) is 23.7 Å². The van der Waals surface area contributed by atoms with Crippen LogP contribution in [0, 0.1) is 23.7 Å². The molecule has 0 amide bonds. The van der Waals surface area contributed by atoms with Gasteiger partial charge in [0.2, 0.25) is 0 Å². The number of carbonyl (C=O) groups is 2. The van der Waals surface area contributed by atoms with Gasteiger partial charge in [0.1, 0.15) is 62.0 Å². The number of ether oxygens (including phenoxy) is 6. The molecule has 0 saturated carbocycles. The topological polar surface area (TPSA) is 211 Å². The molecule has 3 heterocycles. The van der Waals surface area contributed by atoms with Crippen molar-refractivity contribution >= 4 is 11.9 Å². The average molecular weight is 903 g/mol. The zero-order valence-corrected chi connectivity index (χ0v) is 39.9. The van der Waals surface area contributed by atoms with E-state index in [0.717, 1.165) is 63.2 Å². The second-order valence-electron chi connectivity index (χ2n) is 19.9. The first-order valence-electron chi connectivity index (χ1n) is 25.2. The quantitative estimate of drug-likeness (QED) is 0.0402. The van der Waals surface area contributed by atoms with Crippen molar-refractivity contribution in [1.29, 1.82) is 0 Å². The van der Waals surface area contributed by atoms with E-state index >= 15 is 0 Å². The summed E-state index contributed by atoms with van der Waals surface area (Å²) >= 11 is 0. The van der Waals surface area contributed by atoms with Crippen molar-refractivity contribution in [3.63, 3.8) is 0 Å². The minimum absolute atomic E-state index is 0.386. The molecule has 14 heteroatoms. The fourth-order valence-electron chi connectivity index (χ4n) is 8.89. The molecule has 4 bridgehead atoms. The van der Waals surface area contributed by atoms with Gasteiger partial charge >= 0.3 is 11.9 Å². The Morgan fingerprint density at radius 2 is 0.698 bits per heavy atom. The highest BCUT2D eigenvalue weighted by atomic mass is 16.7. The van der Waals surface area contributed by atoms with E-state index in [1.165, 1.54) is 70.6 Å². The normalized spacial score (nSPS) is 33.8. The number of hydrogen-bond acceptors (Lipinski definition) is 14. The third-order valence-corrected chi connectivity index (χ3v) is 13.4. The molecule has 0 unspecified atom stereocenters. The van der Waals surface area contributed by atoms with Gasteiger partial charge in [0.25, 0.3) is 0 Å². The molecule has 370 valence electrons. The lowest BCUT2D eigenvalue weighted by molar-refractivity contribution is -0.320. The number of aliphatic hydroxyl groups excluding tert-OH is 6.